The molecule has 0 spiro atoms. The lowest BCUT2D eigenvalue weighted by molar-refractivity contribution is 0.0696. The Morgan fingerprint density at radius 2 is 1.79 bits per heavy atom. The molecule has 3 aromatic rings. The van der Waals surface area contributed by atoms with E-state index in [1.807, 2.05) is 0 Å². The zero-order valence-corrected chi connectivity index (χ0v) is 18.1. The topological polar surface area (TPSA) is 142 Å². The molecule has 2 atom stereocenters. The summed E-state index contributed by atoms with van der Waals surface area (Å²) in [6.45, 7) is 1.77. The fourth-order valence-electron chi connectivity index (χ4n) is 3.85. The SMILES string of the molecule is Cc1cc(CNC(=O)c2cc(C(=O)N[C@@H]3c4ccc(C(=O)O)cc4C[C@@H]3O)ncn2)ccc1F. The molecule has 0 radical (unpaired) electrons. The van der Waals surface area contributed by atoms with Crippen LogP contribution in [0.4, 0.5) is 4.39 Å². The molecule has 0 bridgehead atoms. The summed E-state index contributed by atoms with van der Waals surface area (Å²) in [6.07, 6.45) is 0.345. The van der Waals surface area contributed by atoms with Crippen LogP contribution in [0.25, 0.3) is 0 Å². The van der Waals surface area contributed by atoms with Crippen molar-refractivity contribution in [3.8, 4) is 0 Å². The molecule has 0 aliphatic heterocycles. The van der Waals surface area contributed by atoms with E-state index in [0.29, 0.717) is 22.3 Å². The van der Waals surface area contributed by atoms with E-state index >= 15 is 0 Å². The number of aromatic carboxylic acids is 1. The second-order valence-electron chi connectivity index (χ2n) is 8.00. The van der Waals surface area contributed by atoms with E-state index in [2.05, 4.69) is 20.6 Å². The molecule has 34 heavy (non-hydrogen) atoms. The molecule has 1 aromatic heterocycles. The molecule has 4 rings (SSSR count). The third kappa shape index (κ3) is 4.76. The molecular formula is C24H21FN4O5. The van der Waals surface area contributed by atoms with Crippen molar-refractivity contribution in [3.63, 3.8) is 0 Å². The lowest BCUT2D eigenvalue weighted by Crippen LogP contribution is -2.34. The number of aliphatic hydroxyl groups excluding tert-OH is 1. The number of fused-ring (bicyclic) bond motifs is 1. The van der Waals surface area contributed by atoms with Crippen LogP contribution < -0.4 is 10.6 Å². The first-order valence-electron chi connectivity index (χ1n) is 10.4. The maximum Gasteiger partial charge on any atom is 0.335 e. The fourth-order valence-corrected chi connectivity index (χ4v) is 3.85. The van der Waals surface area contributed by atoms with Gasteiger partial charge in [-0.2, -0.15) is 0 Å². The number of amides is 2. The number of aliphatic hydroxyl groups is 1. The molecule has 2 amide bonds. The van der Waals surface area contributed by atoms with Crippen molar-refractivity contribution in [2.24, 2.45) is 0 Å². The van der Waals surface area contributed by atoms with Gasteiger partial charge in [0.15, 0.2) is 0 Å². The van der Waals surface area contributed by atoms with Crippen molar-refractivity contribution in [3.05, 3.63) is 93.8 Å². The van der Waals surface area contributed by atoms with Gasteiger partial charge in [0.25, 0.3) is 11.8 Å². The highest BCUT2D eigenvalue weighted by molar-refractivity contribution is 5.97. The summed E-state index contributed by atoms with van der Waals surface area (Å²) in [5.41, 5.74) is 2.42. The van der Waals surface area contributed by atoms with Gasteiger partial charge in [-0.3, -0.25) is 9.59 Å². The molecule has 1 heterocycles. The van der Waals surface area contributed by atoms with Gasteiger partial charge in [-0.15, -0.1) is 0 Å². The molecule has 0 fully saturated rings. The molecule has 0 saturated heterocycles. The number of carboxylic acids is 1. The van der Waals surface area contributed by atoms with Gasteiger partial charge < -0.3 is 20.8 Å². The zero-order valence-electron chi connectivity index (χ0n) is 18.1. The summed E-state index contributed by atoms with van der Waals surface area (Å²) in [7, 11) is 0. The first-order chi connectivity index (χ1) is 16.2. The van der Waals surface area contributed by atoms with Crippen LogP contribution in [0.1, 0.15) is 59.6 Å². The zero-order chi connectivity index (χ0) is 24.4. The number of carbonyl (C=O) groups is 3. The molecule has 10 heteroatoms. The first-order valence-corrected chi connectivity index (χ1v) is 10.4. The highest BCUT2D eigenvalue weighted by Crippen LogP contribution is 2.32. The molecule has 0 unspecified atom stereocenters. The normalized spacial score (nSPS) is 16.6. The van der Waals surface area contributed by atoms with Crippen LogP contribution in [0.2, 0.25) is 0 Å². The van der Waals surface area contributed by atoms with Crippen LogP contribution in [0.5, 0.6) is 0 Å². The highest BCUT2D eigenvalue weighted by atomic mass is 19.1. The van der Waals surface area contributed by atoms with Crippen molar-refractivity contribution in [2.45, 2.75) is 32.0 Å². The molecule has 1 aliphatic rings. The number of carboxylic acid groups (broad SMARTS) is 1. The van der Waals surface area contributed by atoms with E-state index in [9.17, 15) is 23.9 Å². The number of aryl methyl sites for hydroxylation is 1. The fraction of sp³-hybridized carbons (Fsp3) is 0.208. The monoisotopic (exact) mass is 464 g/mol. The van der Waals surface area contributed by atoms with Crippen molar-refractivity contribution >= 4 is 17.8 Å². The number of aromatic nitrogens is 2. The van der Waals surface area contributed by atoms with Crippen molar-refractivity contribution < 1.29 is 29.0 Å². The average Bonchev–Trinajstić information content (AvgIpc) is 3.13. The third-order valence-corrected chi connectivity index (χ3v) is 5.63. The Labute approximate surface area is 193 Å². The Bertz CT molecular complexity index is 1300. The maximum absolute atomic E-state index is 13.4. The number of benzene rings is 2. The van der Waals surface area contributed by atoms with Crippen molar-refractivity contribution in [1.82, 2.24) is 20.6 Å². The maximum atomic E-state index is 13.4. The molecule has 9 nitrogen and oxygen atoms in total. The first kappa shape index (κ1) is 23.0. The number of hydrogen-bond acceptors (Lipinski definition) is 6. The van der Waals surface area contributed by atoms with Crippen LogP contribution >= 0.6 is 0 Å². The molecular weight excluding hydrogens is 443 g/mol. The summed E-state index contributed by atoms with van der Waals surface area (Å²) in [4.78, 5) is 44.3. The summed E-state index contributed by atoms with van der Waals surface area (Å²) >= 11 is 0. The predicted octanol–water partition coefficient (Wildman–Crippen LogP) is 1.94. The molecule has 2 aromatic carbocycles. The Hall–Kier alpha value is -4.18. The van der Waals surface area contributed by atoms with Crippen molar-refractivity contribution in [1.29, 1.82) is 0 Å². The van der Waals surface area contributed by atoms with Gasteiger partial charge in [0.1, 0.15) is 23.5 Å². The lowest BCUT2D eigenvalue weighted by Gasteiger charge is -2.18. The largest absolute Gasteiger partial charge is 0.478 e. The second-order valence-corrected chi connectivity index (χ2v) is 8.00. The number of carbonyl (C=O) groups excluding carboxylic acids is 2. The van der Waals surface area contributed by atoms with Gasteiger partial charge in [-0.1, -0.05) is 18.2 Å². The smallest absolute Gasteiger partial charge is 0.335 e. The summed E-state index contributed by atoms with van der Waals surface area (Å²) < 4.78 is 13.4. The van der Waals surface area contributed by atoms with Crippen LogP contribution in [0.3, 0.4) is 0 Å². The van der Waals surface area contributed by atoms with E-state index in [1.54, 1.807) is 25.1 Å². The highest BCUT2D eigenvalue weighted by Gasteiger charge is 2.33. The van der Waals surface area contributed by atoms with E-state index in [0.717, 1.165) is 6.33 Å². The Morgan fingerprint density at radius 1 is 1.06 bits per heavy atom. The molecule has 0 saturated carbocycles. The van der Waals surface area contributed by atoms with Crippen LogP contribution in [-0.4, -0.2) is 44.1 Å². The number of nitrogens with one attached hydrogen (secondary N) is 2. The summed E-state index contributed by atoms with van der Waals surface area (Å²) in [5, 5.41) is 24.9. The minimum atomic E-state index is -1.08. The van der Waals surface area contributed by atoms with E-state index in [1.165, 1.54) is 24.3 Å². The van der Waals surface area contributed by atoms with Gasteiger partial charge in [0, 0.05) is 19.0 Å². The van der Waals surface area contributed by atoms with Gasteiger partial charge in [-0.25, -0.2) is 19.2 Å². The van der Waals surface area contributed by atoms with Gasteiger partial charge in [-0.05, 0) is 47.4 Å². The average molecular weight is 464 g/mol. The number of halogens is 1. The van der Waals surface area contributed by atoms with Crippen LogP contribution in [0.15, 0.2) is 48.8 Å². The van der Waals surface area contributed by atoms with E-state index in [-0.39, 0.29) is 35.7 Å². The Morgan fingerprint density at radius 3 is 2.50 bits per heavy atom. The van der Waals surface area contributed by atoms with E-state index in [4.69, 9.17) is 5.11 Å². The van der Waals surface area contributed by atoms with Gasteiger partial charge in [0.2, 0.25) is 0 Å². The number of nitrogens with zero attached hydrogens (tertiary/aromatic N) is 2. The lowest BCUT2D eigenvalue weighted by atomic mass is 10.0. The standard InChI is InChI=1S/C24H21FN4O5/c1-12-6-13(2-5-17(12)25)10-26-22(31)18-9-19(28-11-27-18)23(32)29-21-16-4-3-14(24(33)34)7-15(16)8-20(21)30/h2-7,9,11,20-21,30H,8,10H2,1H3,(H,26,31)(H,29,32)(H,33,34)/t20-,21+/m0/s1. The predicted molar refractivity (Wildman–Crippen MR) is 118 cm³/mol. The number of rotatable bonds is 6. The van der Waals surface area contributed by atoms with Crippen LogP contribution in [0, 0.1) is 12.7 Å². The Kier molecular flexibility index (Phi) is 6.33. The second kappa shape index (κ2) is 9.36. The Balaban J connectivity index is 1.44. The molecule has 174 valence electrons. The molecule has 1 aliphatic carbocycles. The van der Waals surface area contributed by atoms with Gasteiger partial charge >= 0.3 is 5.97 Å². The molecule has 4 N–H and O–H groups in total. The van der Waals surface area contributed by atoms with Crippen LogP contribution in [-0.2, 0) is 13.0 Å². The van der Waals surface area contributed by atoms with E-state index < -0.39 is 29.9 Å². The third-order valence-electron chi connectivity index (χ3n) is 5.63. The minimum Gasteiger partial charge on any atom is -0.478 e. The van der Waals surface area contributed by atoms with Crippen molar-refractivity contribution in [2.75, 3.05) is 0 Å². The summed E-state index contributed by atoms with van der Waals surface area (Å²) in [6, 6.07) is 9.44. The summed E-state index contributed by atoms with van der Waals surface area (Å²) in [5.74, 6) is -2.57. The quantitative estimate of drug-likeness (QED) is 0.437. The van der Waals surface area contributed by atoms with Gasteiger partial charge in [0.05, 0.1) is 17.7 Å². The minimum absolute atomic E-state index is 0.0301. The number of hydrogen-bond donors (Lipinski definition) is 4.